The third-order valence-electron chi connectivity index (χ3n) is 3.95. The zero-order valence-corrected chi connectivity index (χ0v) is 11.1. The molecule has 96 valence electrons. The van der Waals surface area contributed by atoms with Crippen LogP contribution in [0.15, 0.2) is 27.4 Å². The molecule has 1 atom stereocenters. The number of hydrogen-bond acceptors (Lipinski definition) is 2. The van der Waals surface area contributed by atoms with Crippen molar-refractivity contribution < 1.29 is 4.42 Å². The third-order valence-corrected chi connectivity index (χ3v) is 4.56. The van der Waals surface area contributed by atoms with E-state index in [0.717, 1.165) is 11.1 Å². The first-order chi connectivity index (χ1) is 8.66. The number of fused-ring (bicyclic) bond motifs is 1. The summed E-state index contributed by atoms with van der Waals surface area (Å²) in [5.41, 5.74) is 2.51. The Morgan fingerprint density at radius 2 is 2.11 bits per heavy atom. The lowest BCUT2D eigenvalue weighted by Crippen LogP contribution is -2.08. The Kier molecular flexibility index (Phi) is 2.94. The van der Waals surface area contributed by atoms with E-state index in [2.05, 4.69) is 0 Å². The lowest BCUT2D eigenvalue weighted by Gasteiger charge is -2.16. The van der Waals surface area contributed by atoms with Crippen molar-refractivity contribution in [3.8, 4) is 0 Å². The largest absolute Gasteiger partial charge is 0.419 e. The Balaban J connectivity index is 2.00. The van der Waals surface area contributed by atoms with Crippen LogP contribution in [0.25, 0.3) is 11.1 Å². The van der Waals surface area contributed by atoms with Crippen molar-refractivity contribution in [3.63, 3.8) is 0 Å². The number of benzene rings is 1. The van der Waals surface area contributed by atoms with E-state index in [1.807, 2.05) is 18.2 Å². The number of aromatic nitrogens is 1. The second kappa shape index (κ2) is 4.47. The van der Waals surface area contributed by atoms with E-state index in [4.69, 9.17) is 16.0 Å². The molecule has 1 saturated carbocycles. The van der Waals surface area contributed by atoms with Gasteiger partial charge in [-0.2, -0.15) is 0 Å². The summed E-state index contributed by atoms with van der Waals surface area (Å²) in [6.07, 6.45) is 4.95. The SMILES string of the molecule is Cn1c(=O)oc2cc(C(Cl)C3CCCC3)ccc21. The summed E-state index contributed by atoms with van der Waals surface area (Å²) in [6, 6.07) is 5.83. The highest BCUT2D eigenvalue weighted by molar-refractivity contribution is 6.21. The molecule has 0 amide bonds. The monoisotopic (exact) mass is 265 g/mol. The first-order valence-corrected chi connectivity index (χ1v) is 6.84. The fraction of sp³-hybridized carbons (Fsp3) is 0.500. The molecule has 3 rings (SSSR count). The van der Waals surface area contributed by atoms with Crippen molar-refractivity contribution in [2.75, 3.05) is 0 Å². The zero-order chi connectivity index (χ0) is 12.7. The van der Waals surface area contributed by atoms with Crippen molar-refractivity contribution in [2.24, 2.45) is 13.0 Å². The molecule has 3 nitrogen and oxygen atoms in total. The third kappa shape index (κ3) is 1.87. The fourth-order valence-electron chi connectivity index (χ4n) is 2.84. The van der Waals surface area contributed by atoms with Crippen molar-refractivity contribution >= 4 is 22.7 Å². The van der Waals surface area contributed by atoms with Crippen LogP contribution in [0.5, 0.6) is 0 Å². The second-order valence-corrected chi connectivity index (χ2v) is 5.57. The first kappa shape index (κ1) is 11.8. The molecular formula is C14H16ClNO2. The Hall–Kier alpha value is -1.22. The Morgan fingerprint density at radius 1 is 1.39 bits per heavy atom. The van der Waals surface area contributed by atoms with Crippen LogP contribution in [0.4, 0.5) is 0 Å². The van der Waals surface area contributed by atoms with Crippen LogP contribution in [0.3, 0.4) is 0 Å². The number of aryl methyl sites for hydroxylation is 1. The molecule has 0 N–H and O–H groups in total. The highest BCUT2D eigenvalue weighted by Gasteiger charge is 2.25. The molecule has 1 aliphatic carbocycles. The van der Waals surface area contributed by atoms with E-state index in [1.165, 1.54) is 30.3 Å². The minimum atomic E-state index is -0.325. The first-order valence-electron chi connectivity index (χ1n) is 6.40. The average Bonchev–Trinajstić information content (AvgIpc) is 2.98. The van der Waals surface area contributed by atoms with Gasteiger partial charge in [-0.25, -0.2) is 4.79 Å². The molecule has 0 aliphatic heterocycles. The van der Waals surface area contributed by atoms with Crippen LogP contribution < -0.4 is 5.76 Å². The summed E-state index contributed by atoms with van der Waals surface area (Å²) in [5, 5.41) is 0.0300. The molecule has 2 aromatic rings. The summed E-state index contributed by atoms with van der Waals surface area (Å²) in [5.74, 6) is 0.230. The lowest BCUT2D eigenvalue weighted by atomic mass is 9.97. The van der Waals surface area contributed by atoms with Crippen LogP contribution >= 0.6 is 11.6 Å². The van der Waals surface area contributed by atoms with Crippen LogP contribution in [-0.2, 0) is 7.05 Å². The van der Waals surface area contributed by atoms with E-state index in [0.29, 0.717) is 11.5 Å². The Bertz CT molecular complexity index is 622. The maximum Gasteiger partial charge on any atom is 0.419 e. The van der Waals surface area contributed by atoms with Gasteiger partial charge in [0, 0.05) is 7.05 Å². The average molecular weight is 266 g/mol. The molecule has 0 bridgehead atoms. The lowest BCUT2D eigenvalue weighted by molar-refractivity contribution is 0.521. The van der Waals surface area contributed by atoms with Gasteiger partial charge >= 0.3 is 5.76 Å². The van der Waals surface area contributed by atoms with Gasteiger partial charge in [-0.05, 0) is 36.5 Å². The maximum absolute atomic E-state index is 11.4. The number of oxazole rings is 1. The number of nitrogens with zero attached hydrogens (tertiary/aromatic N) is 1. The van der Waals surface area contributed by atoms with Crippen molar-refractivity contribution in [2.45, 2.75) is 31.1 Å². The van der Waals surface area contributed by atoms with Gasteiger partial charge < -0.3 is 4.42 Å². The predicted molar refractivity (Wildman–Crippen MR) is 72.0 cm³/mol. The number of alkyl halides is 1. The summed E-state index contributed by atoms with van der Waals surface area (Å²) >= 11 is 6.53. The van der Waals surface area contributed by atoms with E-state index < -0.39 is 0 Å². The Morgan fingerprint density at radius 3 is 2.83 bits per heavy atom. The second-order valence-electron chi connectivity index (χ2n) is 5.10. The van der Waals surface area contributed by atoms with Crippen LogP contribution in [0.1, 0.15) is 36.6 Å². The van der Waals surface area contributed by atoms with Crippen LogP contribution in [0.2, 0.25) is 0 Å². The topological polar surface area (TPSA) is 35.1 Å². The van der Waals surface area contributed by atoms with Gasteiger partial charge in [-0.15, -0.1) is 11.6 Å². The van der Waals surface area contributed by atoms with Crippen molar-refractivity contribution in [1.29, 1.82) is 0 Å². The van der Waals surface area contributed by atoms with Gasteiger partial charge in [0.15, 0.2) is 5.58 Å². The van der Waals surface area contributed by atoms with Gasteiger partial charge in [-0.1, -0.05) is 18.9 Å². The van der Waals surface area contributed by atoms with Gasteiger partial charge in [-0.3, -0.25) is 4.57 Å². The summed E-state index contributed by atoms with van der Waals surface area (Å²) < 4.78 is 6.71. The number of rotatable bonds is 2. The van der Waals surface area contributed by atoms with Crippen LogP contribution in [0, 0.1) is 5.92 Å². The van der Waals surface area contributed by atoms with Crippen molar-refractivity contribution in [3.05, 3.63) is 34.3 Å². The normalized spacial score (nSPS) is 18.6. The minimum absolute atomic E-state index is 0.0300. The molecule has 1 aliphatic rings. The standard InChI is InChI=1S/C14H16ClNO2/c1-16-11-7-6-10(8-12(11)18-14(16)17)13(15)9-4-2-3-5-9/h6-9,13H,2-5H2,1H3. The molecule has 0 radical (unpaired) electrons. The smallest absolute Gasteiger partial charge is 0.408 e. The summed E-state index contributed by atoms with van der Waals surface area (Å²) in [7, 11) is 1.71. The molecule has 0 spiro atoms. The Labute approximate surface area is 110 Å². The minimum Gasteiger partial charge on any atom is -0.408 e. The van der Waals surface area contributed by atoms with E-state index in [1.54, 1.807) is 7.05 Å². The van der Waals surface area contributed by atoms with Gasteiger partial charge in [0.05, 0.1) is 10.9 Å². The van der Waals surface area contributed by atoms with E-state index in [9.17, 15) is 4.79 Å². The molecule has 1 unspecified atom stereocenters. The number of halogens is 1. The highest BCUT2D eigenvalue weighted by Crippen LogP contribution is 2.40. The molecule has 1 fully saturated rings. The highest BCUT2D eigenvalue weighted by atomic mass is 35.5. The molecule has 0 saturated heterocycles. The number of hydrogen-bond donors (Lipinski definition) is 0. The summed E-state index contributed by atoms with van der Waals surface area (Å²) in [6.45, 7) is 0. The molecular weight excluding hydrogens is 250 g/mol. The zero-order valence-electron chi connectivity index (χ0n) is 10.4. The molecule has 4 heteroatoms. The predicted octanol–water partition coefficient (Wildman–Crippen LogP) is 3.60. The van der Waals surface area contributed by atoms with Gasteiger partial charge in [0.25, 0.3) is 0 Å². The molecule has 18 heavy (non-hydrogen) atoms. The van der Waals surface area contributed by atoms with Gasteiger partial charge in [0.2, 0.25) is 0 Å². The molecule has 1 heterocycles. The molecule has 1 aromatic carbocycles. The van der Waals surface area contributed by atoms with E-state index >= 15 is 0 Å². The van der Waals surface area contributed by atoms with E-state index in [-0.39, 0.29) is 11.1 Å². The fourth-order valence-corrected chi connectivity index (χ4v) is 3.23. The quantitative estimate of drug-likeness (QED) is 0.778. The summed E-state index contributed by atoms with van der Waals surface area (Å²) in [4.78, 5) is 11.4. The maximum atomic E-state index is 11.4. The molecule has 1 aromatic heterocycles. The van der Waals surface area contributed by atoms with Crippen LogP contribution in [-0.4, -0.2) is 4.57 Å². The van der Waals surface area contributed by atoms with Gasteiger partial charge in [0.1, 0.15) is 0 Å². The van der Waals surface area contributed by atoms with Crippen molar-refractivity contribution in [1.82, 2.24) is 4.57 Å².